The summed E-state index contributed by atoms with van der Waals surface area (Å²) in [6, 6.07) is 2.88. The van der Waals surface area contributed by atoms with Crippen molar-refractivity contribution in [2.24, 2.45) is 0 Å². The fraction of sp³-hybridized carbons (Fsp3) is 0.143. The first-order chi connectivity index (χ1) is 5.52. The monoisotopic (exact) mass is 203 g/mol. The minimum Gasteiger partial charge on any atom is -0.258 e. The van der Waals surface area contributed by atoms with Crippen molar-refractivity contribution in [1.82, 2.24) is 0 Å². The van der Waals surface area contributed by atoms with Gasteiger partial charge in [0.2, 0.25) is 0 Å². The number of halogens is 1. The molecule has 64 valence electrons. The van der Waals surface area contributed by atoms with Gasteiger partial charge in [0.25, 0.3) is 5.69 Å². The highest BCUT2D eigenvalue weighted by Crippen LogP contribution is 2.28. The summed E-state index contributed by atoms with van der Waals surface area (Å²) in [5.74, 6) is 0. The van der Waals surface area contributed by atoms with Crippen molar-refractivity contribution < 1.29 is 4.92 Å². The first kappa shape index (κ1) is 9.35. The second-order valence-electron chi connectivity index (χ2n) is 2.35. The van der Waals surface area contributed by atoms with E-state index < -0.39 is 4.92 Å². The van der Waals surface area contributed by atoms with Crippen molar-refractivity contribution in [2.45, 2.75) is 11.8 Å². The van der Waals surface area contributed by atoms with Crippen LogP contribution in [0.1, 0.15) is 5.56 Å². The van der Waals surface area contributed by atoms with Crippen LogP contribution in [0, 0.1) is 17.0 Å². The molecule has 1 aromatic carbocycles. The summed E-state index contributed by atoms with van der Waals surface area (Å²) < 4.78 is 0. The topological polar surface area (TPSA) is 43.1 Å². The summed E-state index contributed by atoms with van der Waals surface area (Å²) in [4.78, 5) is 10.2. The molecule has 0 unspecified atom stereocenters. The Morgan fingerprint density at radius 2 is 2.17 bits per heavy atom. The highest BCUT2D eigenvalue weighted by Gasteiger charge is 2.12. The molecule has 0 aliphatic heterocycles. The Hall–Kier alpha value is -0.740. The normalized spacial score (nSPS) is 9.92. The molecule has 0 radical (unpaired) electrons. The number of rotatable bonds is 1. The van der Waals surface area contributed by atoms with Gasteiger partial charge in [0.05, 0.1) is 9.82 Å². The van der Waals surface area contributed by atoms with E-state index in [-0.39, 0.29) is 10.6 Å². The van der Waals surface area contributed by atoms with Crippen molar-refractivity contribution in [3.8, 4) is 0 Å². The van der Waals surface area contributed by atoms with Crippen molar-refractivity contribution in [3.05, 3.63) is 32.8 Å². The molecule has 0 amide bonds. The van der Waals surface area contributed by atoms with E-state index in [4.69, 9.17) is 11.6 Å². The number of nitrogens with zero attached hydrogens (tertiary/aromatic N) is 1. The van der Waals surface area contributed by atoms with Gasteiger partial charge >= 0.3 is 0 Å². The maximum atomic E-state index is 10.4. The van der Waals surface area contributed by atoms with Gasteiger partial charge in [-0.1, -0.05) is 11.6 Å². The van der Waals surface area contributed by atoms with E-state index in [1.54, 1.807) is 6.92 Å². The molecule has 0 aromatic heterocycles. The number of aryl methyl sites for hydroxylation is 1. The Balaban J connectivity index is 3.33. The Bertz CT molecular complexity index is 340. The summed E-state index contributed by atoms with van der Waals surface area (Å²) in [5, 5.41) is 10.9. The molecule has 0 N–H and O–H groups in total. The number of nitro groups is 1. The minimum absolute atomic E-state index is 0.0137. The Morgan fingerprint density at radius 1 is 1.58 bits per heavy atom. The molecule has 3 nitrogen and oxygen atoms in total. The lowest BCUT2D eigenvalue weighted by Crippen LogP contribution is -1.90. The van der Waals surface area contributed by atoms with Gasteiger partial charge in [0, 0.05) is 11.1 Å². The summed E-state index contributed by atoms with van der Waals surface area (Å²) in [5.41, 5.74) is 0.668. The molecule has 0 saturated carbocycles. The van der Waals surface area contributed by atoms with Crippen molar-refractivity contribution in [1.29, 1.82) is 0 Å². The second-order valence-corrected chi connectivity index (χ2v) is 3.24. The maximum absolute atomic E-state index is 10.4. The predicted molar refractivity (Wildman–Crippen MR) is 50.1 cm³/mol. The summed E-state index contributed by atoms with van der Waals surface area (Å²) in [7, 11) is 0. The van der Waals surface area contributed by atoms with Gasteiger partial charge in [-0.3, -0.25) is 10.1 Å². The van der Waals surface area contributed by atoms with E-state index in [2.05, 4.69) is 12.6 Å². The molecule has 0 aliphatic rings. The lowest BCUT2D eigenvalue weighted by molar-refractivity contribution is -0.387. The summed E-state index contributed by atoms with van der Waals surface area (Å²) in [6.45, 7) is 1.71. The number of hydrogen-bond donors (Lipinski definition) is 1. The van der Waals surface area contributed by atoms with Gasteiger partial charge < -0.3 is 0 Å². The van der Waals surface area contributed by atoms with Crippen molar-refractivity contribution >= 4 is 29.9 Å². The van der Waals surface area contributed by atoms with Gasteiger partial charge in [0.15, 0.2) is 0 Å². The molecular weight excluding hydrogens is 198 g/mol. The fourth-order valence-corrected chi connectivity index (χ4v) is 1.32. The molecule has 0 spiro atoms. The predicted octanol–water partition coefficient (Wildman–Crippen LogP) is 2.85. The van der Waals surface area contributed by atoms with Crippen LogP contribution in [0.5, 0.6) is 0 Å². The molecule has 0 heterocycles. The molecule has 1 rings (SSSR count). The van der Waals surface area contributed by atoms with Crippen molar-refractivity contribution in [2.75, 3.05) is 0 Å². The lowest BCUT2D eigenvalue weighted by atomic mass is 10.2. The van der Waals surface area contributed by atoms with Gasteiger partial charge in [-0.05, 0) is 18.6 Å². The first-order valence-electron chi connectivity index (χ1n) is 3.16. The quantitative estimate of drug-likeness (QED) is 0.433. The molecule has 0 fully saturated rings. The van der Waals surface area contributed by atoms with Crippen LogP contribution in [-0.4, -0.2) is 4.92 Å². The van der Waals surface area contributed by atoms with Gasteiger partial charge in [-0.15, -0.1) is 12.6 Å². The van der Waals surface area contributed by atoms with Gasteiger partial charge in [-0.2, -0.15) is 0 Å². The third-order valence-corrected chi connectivity index (χ3v) is 2.22. The number of benzene rings is 1. The molecule has 5 heteroatoms. The maximum Gasteiger partial charge on any atom is 0.282 e. The molecule has 1 aromatic rings. The zero-order valence-corrected chi connectivity index (χ0v) is 7.89. The van der Waals surface area contributed by atoms with Gasteiger partial charge in [-0.25, -0.2) is 0 Å². The van der Waals surface area contributed by atoms with Crippen LogP contribution in [-0.2, 0) is 0 Å². The van der Waals surface area contributed by atoms with E-state index in [1.807, 2.05) is 0 Å². The fourth-order valence-electron chi connectivity index (χ4n) is 0.802. The highest BCUT2D eigenvalue weighted by atomic mass is 35.5. The zero-order chi connectivity index (χ0) is 9.30. The van der Waals surface area contributed by atoms with Crippen LogP contribution in [0.3, 0.4) is 0 Å². The average molecular weight is 204 g/mol. The molecule has 12 heavy (non-hydrogen) atoms. The molecule has 0 aliphatic carbocycles. The van der Waals surface area contributed by atoms with Crippen LogP contribution in [0.15, 0.2) is 17.0 Å². The molecule has 0 bridgehead atoms. The van der Waals surface area contributed by atoms with E-state index >= 15 is 0 Å². The summed E-state index contributed by atoms with van der Waals surface area (Å²) >= 11 is 9.65. The third-order valence-electron chi connectivity index (χ3n) is 1.45. The van der Waals surface area contributed by atoms with Gasteiger partial charge in [0.1, 0.15) is 0 Å². The zero-order valence-electron chi connectivity index (χ0n) is 6.24. The van der Waals surface area contributed by atoms with Crippen LogP contribution >= 0.6 is 24.2 Å². The largest absolute Gasteiger partial charge is 0.282 e. The Kier molecular flexibility index (Phi) is 2.59. The van der Waals surface area contributed by atoms with E-state index in [0.717, 1.165) is 0 Å². The molecule has 0 atom stereocenters. The second kappa shape index (κ2) is 3.33. The lowest BCUT2D eigenvalue weighted by Gasteiger charge is -1.99. The number of nitro benzene ring substituents is 1. The van der Waals surface area contributed by atoms with Crippen LogP contribution < -0.4 is 0 Å². The van der Waals surface area contributed by atoms with E-state index in [9.17, 15) is 10.1 Å². The highest BCUT2D eigenvalue weighted by molar-refractivity contribution is 7.80. The number of thiol groups is 1. The van der Waals surface area contributed by atoms with Crippen LogP contribution in [0.2, 0.25) is 5.02 Å². The first-order valence-corrected chi connectivity index (χ1v) is 3.98. The SMILES string of the molecule is Cc1cc([N+](=O)[O-])c(S)cc1Cl. The van der Waals surface area contributed by atoms with E-state index in [1.165, 1.54) is 12.1 Å². The molecule has 0 saturated heterocycles. The third kappa shape index (κ3) is 1.70. The Labute approximate surface area is 79.9 Å². The van der Waals surface area contributed by atoms with E-state index in [0.29, 0.717) is 10.6 Å². The average Bonchev–Trinajstić information content (AvgIpc) is 1.96. The van der Waals surface area contributed by atoms with Crippen LogP contribution in [0.4, 0.5) is 5.69 Å². The summed E-state index contributed by atoms with van der Waals surface area (Å²) in [6.07, 6.45) is 0. The smallest absolute Gasteiger partial charge is 0.258 e. The van der Waals surface area contributed by atoms with Crippen molar-refractivity contribution in [3.63, 3.8) is 0 Å². The standard InChI is InChI=1S/C7H6ClNO2S/c1-4-2-6(9(10)11)7(12)3-5(4)8/h2-3,12H,1H3. The minimum atomic E-state index is -0.480. The molecular formula is C7H6ClNO2S. The van der Waals surface area contributed by atoms with Crippen LogP contribution in [0.25, 0.3) is 0 Å². The number of hydrogen-bond acceptors (Lipinski definition) is 3. The Morgan fingerprint density at radius 3 is 2.67 bits per heavy atom.